The molecule has 2 bridgehead atoms. The molecular formula is C29H24N6OS. The first-order chi connectivity index (χ1) is 18.2. The van der Waals surface area contributed by atoms with Crippen LogP contribution in [0.2, 0.25) is 0 Å². The van der Waals surface area contributed by atoms with Crippen LogP contribution in [0.4, 0.5) is 11.5 Å². The predicted octanol–water partition coefficient (Wildman–Crippen LogP) is 6.06. The van der Waals surface area contributed by atoms with E-state index in [9.17, 15) is 4.79 Å². The van der Waals surface area contributed by atoms with Crippen LogP contribution in [0.15, 0.2) is 79.0 Å². The van der Waals surface area contributed by atoms with E-state index < -0.39 is 0 Å². The van der Waals surface area contributed by atoms with Gasteiger partial charge in [-0.3, -0.25) is 4.79 Å². The number of amides is 1. The van der Waals surface area contributed by atoms with Gasteiger partial charge < -0.3 is 10.2 Å². The van der Waals surface area contributed by atoms with Crippen molar-refractivity contribution in [2.75, 3.05) is 16.8 Å². The molecule has 1 aliphatic heterocycles. The number of piperidine rings is 1. The number of para-hydroxylation sites is 1. The molecule has 0 radical (unpaired) electrons. The summed E-state index contributed by atoms with van der Waals surface area (Å²) < 4.78 is 0. The molecule has 7 nitrogen and oxygen atoms in total. The zero-order chi connectivity index (χ0) is 24.8. The van der Waals surface area contributed by atoms with Crippen LogP contribution in [-0.4, -0.2) is 38.4 Å². The van der Waals surface area contributed by atoms with E-state index in [1.54, 1.807) is 6.20 Å². The van der Waals surface area contributed by atoms with Gasteiger partial charge >= 0.3 is 0 Å². The van der Waals surface area contributed by atoms with Crippen LogP contribution < -0.4 is 10.2 Å². The highest BCUT2D eigenvalue weighted by molar-refractivity contribution is 7.21. The number of aromatic nitrogens is 4. The van der Waals surface area contributed by atoms with Crippen molar-refractivity contribution in [3.05, 3.63) is 84.7 Å². The maximum Gasteiger partial charge on any atom is 0.274 e. The molecule has 7 rings (SSSR count). The van der Waals surface area contributed by atoms with E-state index in [2.05, 4.69) is 15.2 Å². The minimum absolute atomic E-state index is 0.267. The lowest BCUT2D eigenvalue weighted by atomic mass is 10.1. The fourth-order valence-corrected chi connectivity index (χ4v) is 6.42. The molecule has 3 aromatic heterocycles. The largest absolute Gasteiger partial charge is 0.353 e. The molecule has 4 heterocycles. The third-order valence-electron chi connectivity index (χ3n) is 7.25. The number of anilines is 2. The highest BCUT2D eigenvalue weighted by Gasteiger charge is 2.38. The summed E-state index contributed by atoms with van der Waals surface area (Å²) in [4.78, 5) is 35.6. The molecule has 0 unspecified atom stereocenters. The maximum absolute atomic E-state index is 13.6. The van der Waals surface area contributed by atoms with E-state index in [1.807, 2.05) is 72.8 Å². The summed E-state index contributed by atoms with van der Waals surface area (Å²) in [6.07, 6.45) is 5.43. The monoisotopic (exact) mass is 504 g/mol. The number of nitrogens with zero attached hydrogens (tertiary/aromatic N) is 5. The normalized spacial score (nSPS) is 18.4. The molecule has 2 aromatic carbocycles. The second kappa shape index (κ2) is 9.05. The van der Waals surface area contributed by atoms with Crippen LogP contribution >= 0.6 is 11.3 Å². The van der Waals surface area contributed by atoms with Gasteiger partial charge in [0.15, 0.2) is 5.82 Å². The lowest BCUT2D eigenvalue weighted by molar-refractivity contribution is 0.102. The number of hydrogen-bond donors (Lipinski definition) is 1. The molecule has 8 heteroatoms. The van der Waals surface area contributed by atoms with Gasteiger partial charge in [-0.2, -0.15) is 0 Å². The van der Waals surface area contributed by atoms with Gasteiger partial charge in [-0.1, -0.05) is 53.8 Å². The summed E-state index contributed by atoms with van der Waals surface area (Å²) in [6.45, 7) is 0.992. The Kier molecular flexibility index (Phi) is 5.39. The summed E-state index contributed by atoms with van der Waals surface area (Å²) >= 11 is 1.51. The lowest BCUT2D eigenvalue weighted by Gasteiger charge is -2.28. The topological polar surface area (TPSA) is 83.9 Å². The van der Waals surface area contributed by atoms with Gasteiger partial charge in [0.05, 0.1) is 5.69 Å². The molecule has 5 aromatic rings. The summed E-state index contributed by atoms with van der Waals surface area (Å²) in [7, 11) is 0. The van der Waals surface area contributed by atoms with E-state index in [-0.39, 0.29) is 5.91 Å². The molecule has 1 saturated carbocycles. The van der Waals surface area contributed by atoms with Crippen LogP contribution in [0.25, 0.3) is 32.3 Å². The average molecular weight is 505 g/mol. The van der Waals surface area contributed by atoms with Crippen molar-refractivity contribution in [1.29, 1.82) is 0 Å². The van der Waals surface area contributed by atoms with Crippen molar-refractivity contribution in [2.24, 2.45) is 5.92 Å². The van der Waals surface area contributed by atoms with Gasteiger partial charge in [-0.15, -0.1) is 0 Å². The molecule has 0 spiro atoms. The Morgan fingerprint density at radius 2 is 1.81 bits per heavy atom. The van der Waals surface area contributed by atoms with Crippen molar-refractivity contribution >= 4 is 39.1 Å². The smallest absolute Gasteiger partial charge is 0.274 e. The molecule has 1 N–H and O–H groups in total. The van der Waals surface area contributed by atoms with Crippen molar-refractivity contribution < 1.29 is 4.79 Å². The summed E-state index contributed by atoms with van der Waals surface area (Å²) in [5.74, 6) is 1.85. The van der Waals surface area contributed by atoms with Crippen LogP contribution in [0, 0.1) is 5.92 Å². The predicted molar refractivity (Wildman–Crippen MR) is 147 cm³/mol. The molecule has 37 heavy (non-hydrogen) atoms. The maximum atomic E-state index is 13.6. The first kappa shape index (κ1) is 22.1. The summed E-state index contributed by atoms with van der Waals surface area (Å²) in [6, 6.07) is 23.7. The fraction of sp³-hybridized carbons (Fsp3) is 0.207. The van der Waals surface area contributed by atoms with Crippen molar-refractivity contribution in [2.45, 2.75) is 25.3 Å². The second-order valence-corrected chi connectivity index (χ2v) is 10.6. The van der Waals surface area contributed by atoms with Crippen LogP contribution in [-0.2, 0) is 0 Å². The van der Waals surface area contributed by atoms with Crippen LogP contribution in [0.1, 0.15) is 29.8 Å². The van der Waals surface area contributed by atoms with Gasteiger partial charge in [0, 0.05) is 36.0 Å². The van der Waals surface area contributed by atoms with Crippen LogP contribution in [0.5, 0.6) is 0 Å². The molecule has 1 saturated heterocycles. The Balaban J connectivity index is 1.25. The van der Waals surface area contributed by atoms with Crippen molar-refractivity contribution in [1.82, 2.24) is 19.9 Å². The third kappa shape index (κ3) is 4.13. The number of rotatable bonds is 5. The standard InChI is InChI=1S/C29H24N6OS/c36-27(32-22-10-5-4-9-21(22)28-33-23-11-6-14-30-29(23)37-28)24-16-25(35-17-18-12-13-20(35)15-18)34-26(31-24)19-7-2-1-3-8-19/h1-11,14,16,18,20H,12-13,15,17H2,(H,32,36)/t18-,20+/m1/s1. The van der Waals surface area contributed by atoms with Gasteiger partial charge in [0.1, 0.15) is 26.9 Å². The number of carbonyl (C=O) groups excluding carboxylic acids is 1. The van der Waals surface area contributed by atoms with Gasteiger partial charge in [0.2, 0.25) is 0 Å². The second-order valence-electron chi connectivity index (χ2n) is 9.63. The molecule has 2 aliphatic rings. The number of thiazole rings is 1. The Bertz CT molecular complexity index is 1580. The first-order valence-electron chi connectivity index (χ1n) is 12.5. The number of hydrogen-bond acceptors (Lipinski definition) is 7. The number of benzene rings is 2. The number of fused-ring (bicyclic) bond motifs is 3. The van der Waals surface area contributed by atoms with E-state index in [1.165, 1.54) is 30.6 Å². The van der Waals surface area contributed by atoms with Gasteiger partial charge in [-0.25, -0.2) is 19.9 Å². The fourth-order valence-electron chi connectivity index (χ4n) is 5.47. The molecule has 182 valence electrons. The average Bonchev–Trinajstić information content (AvgIpc) is 3.70. The lowest BCUT2D eigenvalue weighted by Crippen LogP contribution is -2.33. The Morgan fingerprint density at radius 3 is 2.62 bits per heavy atom. The van der Waals surface area contributed by atoms with Gasteiger partial charge in [0.25, 0.3) is 5.91 Å². The number of pyridine rings is 1. The zero-order valence-electron chi connectivity index (χ0n) is 20.0. The van der Waals surface area contributed by atoms with E-state index in [0.717, 1.165) is 38.8 Å². The van der Waals surface area contributed by atoms with Crippen molar-refractivity contribution in [3.8, 4) is 22.0 Å². The summed E-state index contributed by atoms with van der Waals surface area (Å²) in [5.41, 5.74) is 3.63. The number of nitrogens with one attached hydrogen (secondary N) is 1. The molecule has 2 fully saturated rings. The number of carbonyl (C=O) groups is 1. The molecule has 2 atom stereocenters. The Labute approximate surface area is 218 Å². The highest BCUT2D eigenvalue weighted by Crippen LogP contribution is 2.40. The molecule has 1 amide bonds. The minimum Gasteiger partial charge on any atom is -0.353 e. The zero-order valence-corrected chi connectivity index (χ0v) is 20.9. The van der Waals surface area contributed by atoms with Crippen LogP contribution in [0.3, 0.4) is 0 Å². The SMILES string of the molecule is O=C(Nc1ccccc1-c1nc2cccnc2s1)c1cc(N2C[C@@H]3CC[C@H]2C3)nc(-c2ccccc2)n1. The summed E-state index contributed by atoms with van der Waals surface area (Å²) in [5, 5.41) is 3.91. The van der Waals surface area contributed by atoms with E-state index in [0.29, 0.717) is 29.2 Å². The van der Waals surface area contributed by atoms with Crippen molar-refractivity contribution in [3.63, 3.8) is 0 Å². The Hall–Kier alpha value is -4.17. The third-order valence-corrected chi connectivity index (χ3v) is 8.27. The molecule has 1 aliphatic carbocycles. The van der Waals surface area contributed by atoms with E-state index >= 15 is 0 Å². The quantitative estimate of drug-likeness (QED) is 0.313. The molecular weight excluding hydrogens is 480 g/mol. The first-order valence-corrected chi connectivity index (χ1v) is 13.4. The highest BCUT2D eigenvalue weighted by atomic mass is 32.1. The van der Waals surface area contributed by atoms with Gasteiger partial charge in [-0.05, 0) is 49.4 Å². The van der Waals surface area contributed by atoms with E-state index in [4.69, 9.17) is 15.0 Å². The Morgan fingerprint density at radius 1 is 0.946 bits per heavy atom. The minimum atomic E-state index is -0.267.